The molecule has 0 saturated heterocycles. The molecule has 0 spiro atoms. The molecule has 0 bridgehead atoms. The van der Waals surface area contributed by atoms with Crippen LogP contribution in [-0.4, -0.2) is 30.2 Å². The van der Waals surface area contributed by atoms with Gasteiger partial charge in [-0.1, -0.05) is 24.4 Å². The summed E-state index contributed by atoms with van der Waals surface area (Å²) in [5.41, 5.74) is 0. The van der Waals surface area contributed by atoms with E-state index in [1.54, 1.807) is 11.3 Å². The molecule has 92 valence electrons. The second-order valence-corrected chi connectivity index (χ2v) is 5.88. The van der Waals surface area contributed by atoms with E-state index in [0.29, 0.717) is 6.61 Å². The van der Waals surface area contributed by atoms with Crippen LogP contribution in [0.1, 0.15) is 30.6 Å². The summed E-state index contributed by atoms with van der Waals surface area (Å²) in [5.74, 6) is 0. The first-order chi connectivity index (χ1) is 7.72. The van der Waals surface area contributed by atoms with Crippen LogP contribution in [-0.2, 0) is 6.54 Å². The number of hydrogen-bond donors (Lipinski definition) is 1. The molecule has 0 radical (unpaired) electrons. The van der Waals surface area contributed by atoms with E-state index in [2.05, 4.69) is 18.0 Å². The molecule has 1 N–H and O–H groups in total. The first kappa shape index (κ1) is 14.0. The Labute approximate surface area is 107 Å². The van der Waals surface area contributed by atoms with Gasteiger partial charge in [-0.25, -0.2) is 0 Å². The maximum atomic E-state index is 8.65. The standard InChI is InChI=1S/C12H20ClNOS/c1-14(8-4-2-3-5-9-15)10-11-6-7-12(13)16-11/h6-7,15H,2-5,8-10H2,1H3. The summed E-state index contributed by atoms with van der Waals surface area (Å²) in [6, 6.07) is 4.05. The summed E-state index contributed by atoms with van der Waals surface area (Å²) in [5, 5.41) is 8.65. The number of aliphatic hydroxyl groups is 1. The molecule has 1 aromatic heterocycles. The van der Waals surface area contributed by atoms with Crippen molar-refractivity contribution in [1.82, 2.24) is 4.90 Å². The predicted molar refractivity (Wildman–Crippen MR) is 71.2 cm³/mol. The maximum absolute atomic E-state index is 8.65. The fourth-order valence-corrected chi connectivity index (χ4v) is 2.80. The van der Waals surface area contributed by atoms with Gasteiger partial charge in [0.2, 0.25) is 0 Å². The number of nitrogens with zero attached hydrogens (tertiary/aromatic N) is 1. The first-order valence-electron chi connectivity index (χ1n) is 5.76. The molecule has 0 unspecified atom stereocenters. The van der Waals surface area contributed by atoms with Crippen molar-refractivity contribution in [2.75, 3.05) is 20.2 Å². The lowest BCUT2D eigenvalue weighted by Gasteiger charge is -2.15. The van der Waals surface area contributed by atoms with E-state index in [1.165, 1.54) is 17.7 Å². The molecule has 0 fully saturated rings. The maximum Gasteiger partial charge on any atom is 0.0931 e. The number of aliphatic hydroxyl groups excluding tert-OH is 1. The number of halogens is 1. The van der Waals surface area contributed by atoms with Crippen molar-refractivity contribution in [3.05, 3.63) is 21.3 Å². The number of hydrogen-bond acceptors (Lipinski definition) is 3. The Morgan fingerprint density at radius 3 is 2.62 bits per heavy atom. The Bertz CT molecular complexity index is 290. The van der Waals surface area contributed by atoms with E-state index < -0.39 is 0 Å². The molecular formula is C12H20ClNOS. The Balaban J connectivity index is 2.09. The average Bonchev–Trinajstić information content (AvgIpc) is 2.63. The van der Waals surface area contributed by atoms with Gasteiger partial charge in [0.25, 0.3) is 0 Å². The van der Waals surface area contributed by atoms with E-state index in [-0.39, 0.29) is 0 Å². The second-order valence-electron chi connectivity index (χ2n) is 4.08. The fourth-order valence-electron chi connectivity index (χ4n) is 1.63. The summed E-state index contributed by atoms with van der Waals surface area (Å²) in [7, 11) is 2.14. The van der Waals surface area contributed by atoms with E-state index in [4.69, 9.17) is 16.7 Å². The predicted octanol–water partition coefficient (Wildman–Crippen LogP) is 3.39. The summed E-state index contributed by atoms with van der Waals surface area (Å²) in [6.07, 6.45) is 4.48. The summed E-state index contributed by atoms with van der Waals surface area (Å²) >= 11 is 7.54. The third-order valence-corrected chi connectivity index (χ3v) is 3.72. The van der Waals surface area contributed by atoms with E-state index in [9.17, 15) is 0 Å². The Morgan fingerprint density at radius 2 is 2.00 bits per heavy atom. The minimum absolute atomic E-state index is 0.323. The summed E-state index contributed by atoms with van der Waals surface area (Å²) < 4.78 is 0.867. The van der Waals surface area contributed by atoms with Crippen molar-refractivity contribution >= 4 is 22.9 Å². The third-order valence-electron chi connectivity index (χ3n) is 2.50. The molecule has 0 aliphatic rings. The van der Waals surface area contributed by atoms with Gasteiger partial charge in [-0.15, -0.1) is 11.3 Å². The minimum Gasteiger partial charge on any atom is -0.396 e. The van der Waals surface area contributed by atoms with E-state index in [1.807, 2.05) is 6.07 Å². The highest BCUT2D eigenvalue weighted by Crippen LogP contribution is 2.22. The molecule has 16 heavy (non-hydrogen) atoms. The van der Waals surface area contributed by atoms with Gasteiger partial charge in [-0.05, 0) is 38.6 Å². The van der Waals surface area contributed by atoms with Crippen LogP contribution < -0.4 is 0 Å². The number of unbranched alkanes of at least 4 members (excludes halogenated alkanes) is 3. The van der Waals surface area contributed by atoms with Gasteiger partial charge >= 0.3 is 0 Å². The van der Waals surface area contributed by atoms with Gasteiger partial charge < -0.3 is 10.0 Å². The first-order valence-corrected chi connectivity index (χ1v) is 6.95. The lowest BCUT2D eigenvalue weighted by molar-refractivity contribution is 0.277. The highest BCUT2D eigenvalue weighted by molar-refractivity contribution is 7.16. The third kappa shape index (κ3) is 5.85. The number of rotatable bonds is 8. The van der Waals surface area contributed by atoms with Crippen molar-refractivity contribution in [3.63, 3.8) is 0 Å². The van der Waals surface area contributed by atoms with E-state index in [0.717, 1.165) is 30.3 Å². The van der Waals surface area contributed by atoms with Gasteiger partial charge in [-0.3, -0.25) is 0 Å². The smallest absolute Gasteiger partial charge is 0.0931 e. The molecular weight excluding hydrogens is 242 g/mol. The molecule has 0 amide bonds. The summed E-state index contributed by atoms with van der Waals surface area (Å²) in [4.78, 5) is 3.64. The fraction of sp³-hybridized carbons (Fsp3) is 0.667. The van der Waals surface area contributed by atoms with Crippen LogP contribution in [0.25, 0.3) is 0 Å². The van der Waals surface area contributed by atoms with Crippen molar-refractivity contribution in [2.24, 2.45) is 0 Å². The summed E-state index contributed by atoms with van der Waals surface area (Å²) in [6.45, 7) is 2.42. The van der Waals surface area contributed by atoms with Crippen LogP contribution in [0, 0.1) is 0 Å². The molecule has 4 heteroatoms. The molecule has 2 nitrogen and oxygen atoms in total. The van der Waals surface area contributed by atoms with Crippen LogP contribution in [0.3, 0.4) is 0 Å². The van der Waals surface area contributed by atoms with Crippen molar-refractivity contribution in [2.45, 2.75) is 32.2 Å². The largest absolute Gasteiger partial charge is 0.396 e. The Kier molecular flexibility index (Phi) is 7.05. The van der Waals surface area contributed by atoms with Gasteiger partial charge in [0, 0.05) is 18.0 Å². The molecule has 1 heterocycles. The highest BCUT2D eigenvalue weighted by atomic mass is 35.5. The molecule has 0 aliphatic carbocycles. The quantitative estimate of drug-likeness (QED) is 0.725. The normalized spacial score (nSPS) is 11.2. The molecule has 0 saturated carbocycles. The molecule has 1 rings (SSSR count). The monoisotopic (exact) mass is 261 g/mol. The Hall–Kier alpha value is -0.0900. The van der Waals surface area contributed by atoms with Crippen LogP contribution in [0.5, 0.6) is 0 Å². The van der Waals surface area contributed by atoms with E-state index >= 15 is 0 Å². The molecule has 1 aromatic rings. The number of thiophene rings is 1. The zero-order chi connectivity index (χ0) is 11.8. The van der Waals surface area contributed by atoms with Gasteiger partial charge in [0.05, 0.1) is 4.34 Å². The SMILES string of the molecule is CN(CCCCCCO)Cc1ccc(Cl)s1. The lowest BCUT2D eigenvalue weighted by Crippen LogP contribution is -2.18. The second kappa shape index (κ2) is 8.07. The van der Waals surface area contributed by atoms with Crippen molar-refractivity contribution < 1.29 is 5.11 Å². The molecule has 0 atom stereocenters. The molecule has 0 aliphatic heterocycles. The zero-order valence-corrected chi connectivity index (χ0v) is 11.4. The van der Waals surface area contributed by atoms with Crippen molar-refractivity contribution in [3.8, 4) is 0 Å². The van der Waals surface area contributed by atoms with Gasteiger partial charge in [-0.2, -0.15) is 0 Å². The van der Waals surface area contributed by atoms with Crippen LogP contribution in [0.2, 0.25) is 4.34 Å². The minimum atomic E-state index is 0.323. The molecule has 0 aromatic carbocycles. The van der Waals surface area contributed by atoms with Crippen LogP contribution >= 0.6 is 22.9 Å². The Morgan fingerprint density at radius 1 is 1.25 bits per heavy atom. The van der Waals surface area contributed by atoms with Gasteiger partial charge in [0.15, 0.2) is 0 Å². The van der Waals surface area contributed by atoms with Crippen LogP contribution in [0.15, 0.2) is 12.1 Å². The van der Waals surface area contributed by atoms with Crippen molar-refractivity contribution in [1.29, 1.82) is 0 Å². The average molecular weight is 262 g/mol. The highest BCUT2D eigenvalue weighted by Gasteiger charge is 2.02. The van der Waals surface area contributed by atoms with Crippen LogP contribution in [0.4, 0.5) is 0 Å². The van der Waals surface area contributed by atoms with Gasteiger partial charge in [0.1, 0.15) is 0 Å². The zero-order valence-electron chi connectivity index (χ0n) is 9.79. The lowest BCUT2D eigenvalue weighted by atomic mass is 10.2. The topological polar surface area (TPSA) is 23.5 Å².